The summed E-state index contributed by atoms with van der Waals surface area (Å²) in [6.45, 7) is 6.25. The second-order valence-corrected chi connectivity index (χ2v) is 6.14. The third kappa shape index (κ3) is 3.42. The molecule has 0 bridgehead atoms. The van der Waals surface area contributed by atoms with E-state index >= 15 is 0 Å². The van der Waals surface area contributed by atoms with Gasteiger partial charge in [-0.05, 0) is 47.2 Å². The zero-order chi connectivity index (χ0) is 14.7. The molecule has 1 fully saturated rings. The normalized spacial score (nSPS) is 16.2. The lowest BCUT2D eigenvalue weighted by Gasteiger charge is -2.33. The SMILES string of the molecule is CC(=O)NCC1CCN(c2ncc(N)c(C)c2Br)CC1. The van der Waals surface area contributed by atoms with Crippen molar-refractivity contribution in [3.05, 3.63) is 16.2 Å². The fourth-order valence-electron chi connectivity index (χ4n) is 2.44. The summed E-state index contributed by atoms with van der Waals surface area (Å²) in [5.41, 5.74) is 7.60. The third-order valence-electron chi connectivity index (χ3n) is 3.84. The van der Waals surface area contributed by atoms with E-state index in [0.29, 0.717) is 11.6 Å². The highest BCUT2D eigenvalue weighted by Gasteiger charge is 2.22. The third-order valence-corrected chi connectivity index (χ3v) is 4.79. The second-order valence-electron chi connectivity index (χ2n) is 5.34. The molecule has 6 heteroatoms. The van der Waals surface area contributed by atoms with Crippen LogP contribution in [0.25, 0.3) is 0 Å². The van der Waals surface area contributed by atoms with Gasteiger partial charge in [-0.25, -0.2) is 4.98 Å². The molecule has 1 aromatic heterocycles. The number of halogens is 1. The quantitative estimate of drug-likeness (QED) is 0.883. The van der Waals surface area contributed by atoms with E-state index in [1.807, 2.05) is 6.92 Å². The lowest BCUT2D eigenvalue weighted by molar-refractivity contribution is -0.119. The van der Waals surface area contributed by atoms with E-state index in [9.17, 15) is 4.79 Å². The van der Waals surface area contributed by atoms with Gasteiger partial charge in [-0.1, -0.05) is 0 Å². The van der Waals surface area contributed by atoms with Gasteiger partial charge in [0.1, 0.15) is 5.82 Å². The Kier molecular flexibility index (Phi) is 4.86. The molecule has 1 aliphatic rings. The van der Waals surface area contributed by atoms with Crippen molar-refractivity contribution in [1.29, 1.82) is 0 Å². The van der Waals surface area contributed by atoms with Gasteiger partial charge < -0.3 is 16.0 Å². The van der Waals surface area contributed by atoms with Crippen LogP contribution in [0.15, 0.2) is 10.7 Å². The first-order valence-electron chi connectivity index (χ1n) is 6.89. The van der Waals surface area contributed by atoms with Gasteiger partial charge in [-0.15, -0.1) is 0 Å². The fraction of sp³-hybridized carbons (Fsp3) is 0.571. The number of hydrogen-bond acceptors (Lipinski definition) is 4. The van der Waals surface area contributed by atoms with Crippen LogP contribution in [-0.4, -0.2) is 30.5 Å². The summed E-state index contributed by atoms with van der Waals surface area (Å²) >= 11 is 3.59. The Labute approximate surface area is 128 Å². The van der Waals surface area contributed by atoms with Gasteiger partial charge in [-0.3, -0.25) is 4.79 Å². The number of anilines is 2. The number of amides is 1. The largest absolute Gasteiger partial charge is 0.397 e. The van der Waals surface area contributed by atoms with E-state index in [0.717, 1.165) is 48.3 Å². The van der Waals surface area contributed by atoms with E-state index in [-0.39, 0.29) is 5.91 Å². The molecule has 110 valence electrons. The highest BCUT2D eigenvalue weighted by atomic mass is 79.9. The average molecular weight is 341 g/mol. The number of aromatic nitrogens is 1. The first-order chi connectivity index (χ1) is 9.49. The van der Waals surface area contributed by atoms with Gasteiger partial charge >= 0.3 is 0 Å². The smallest absolute Gasteiger partial charge is 0.216 e. The zero-order valence-electron chi connectivity index (χ0n) is 11.9. The zero-order valence-corrected chi connectivity index (χ0v) is 13.5. The van der Waals surface area contributed by atoms with Crippen molar-refractivity contribution in [2.45, 2.75) is 26.7 Å². The maximum absolute atomic E-state index is 10.9. The first-order valence-corrected chi connectivity index (χ1v) is 7.68. The van der Waals surface area contributed by atoms with E-state index in [2.05, 4.69) is 31.1 Å². The summed E-state index contributed by atoms with van der Waals surface area (Å²) in [5, 5.41) is 2.90. The number of carbonyl (C=O) groups is 1. The van der Waals surface area contributed by atoms with Crippen LogP contribution in [0.1, 0.15) is 25.3 Å². The molecule has 5 nitrogen and oxygen atoms in total. The minimum absolute atomic E-state index is 0.0472. The van der Waals surface area contributed by atoms with Crippen LogP contribution < -0.4 is 16.0 Å². The van der Waals surface area contributed by atoms with Crippen LogP contribution in [0.2, 0.25) is 0 Å². The van der Waals surface area contributed by atoms with Gasteiger partial charge in [0, 0.05) is 26.6 Å². The second kappa shape index (κ2) is 6.43. The summed E-state index contributed by atoms with van der Waals surface area (Å²) in [6.07, 6.45) is 3.86. The van der Waals surface area contributed by atoms with Crippen LogP contribution in [-0.2, 0) is 4.79 Å². The van der Waals surface area contributed by atoms with Gasteiger partial charge in [-0.2, -0.15) is 0 Å². The van der Waals surface area contributed by atoms with Crippen molar-refractivity contribution < 1.29 is 4.79 Å². The molecule has 0 aliphatic carbocycles. The lowest BCUT2D eigenvalue weighted by Crippen LogP contribution is -2.38. The maximum atomic E-state index is 10.9. The van der Waals surface area contributed by atoms with E-state index in [1.54, 1.807) is 13.1 Å². The highest BCUT2D eigenvalue weighted by molar-refractivity contribution is 9.10. The predicted octanol–water partition coefficient (Wildman–Crippen LogP) is 2.09. The number of nitrogens with zero attached hydrogens (tertiary/aromatic N) is 2. The van der Waals surface area contributed by atoms with Crippen molar-refractivity contribution in [3.63, 3.8) is 0 Å². The Morgan fingerprint density at radius 3 is 2.80 bits per heavy atom. The monoisotopic (exact) mass is 340 g/mol. The molecule has 1 aliphatic heterocycles. The average Bonchev–Trinajstić information content (AvgIpc) is 2.43. The molecule has 0 saturated carbocycles. The van der Waals surface area contributed by atoms with E-state index in [1.165, 1.54) is 0 Å². The van der Waals surface area contributed by atoms with Crippen LogP contribution in [0.5, 0.6) is 0 Å². The van der Waals surface area contributed by atoms with Crippen molar-refractivity contribution >= 4 is 33.3 Å². The summed E-state index contributed by atoms with van der Waals surface area (Å²) in [4.78, 5) is 17.7. The summed E-state index contributed by atoms with van der Waals surface area (Å²) in [5.74, 6) is 1.57. The van der Waals surface area contributed by atoms with E-state index < -0.39 is 0 Å². The van der Waals surface area contributed by atoms with Gasteiger partial charge in [0.05, 0.1) is 16.4 Å². The lowest BCUT2D eigenvalue weighted by atomic mass is 9.96. The molecule has 0 radical (unpaired) electrons. The molecule has 0 spiro atoms. The Bertz CT molecular complexity index is 498. The molecule has 20 heavy (non-hydrogen) atoms. The van der Waals surface area contributed by atoms with Crippen LogP contribution in [0, 0.1) is 12.8 Å². The molecule has 0 atom stereocenters. The number of piperidine rings is 1. The number of pyridine rings is 1. The molecule has 0 unspecified atom stereocenters. The molecule has 3 N–H and O–H groups in total. The predicted molar refractivity (Wildman–Crippen MR) is 84.7 cm³/mol. The number of carbonyl (C=O) groups excluding carboxylic acids is 1. The van der Waals surface area contributed by atoms with Crippen molar-refractivity contribution in [2.24, 2.45) is 5.92 Å². The Hall–Kier alpha value is -1.30. The maximum Gasteiger partial charge on any atom is 0.216 e. The molecule has 2 rings (SSSR count). The standard InChI is InChI=1S/C14H21BrN4O/c1-9-12(16)8-18-14(13(9)15)19-5-3-11(4-6-19)7-17-10(2)20/h8,11H,3-7,16H2,1-2H3,(H,17,20). The Morgan fingerprint density at radius 1 is 1.55 bits per heavy atom. The molecular formula is C14H21BrN4O. The Morgan fingerprint density at radius 2 is 2.20 bits per heavy atom. The van der Waals surface area contributed by atoms with Gasteiger partial charge in [0.2, 0.25) is 5.91 Å². The number of nitrogen functional groups attached to an aromatic ring is 1. The molecule has 1 aromatic rings. The minimum Gasteiger partial charge on any atom is -0.397 e. The Balaban J connectivity index is 1.97. The molecule has 2 heterocycles. The summed E-state index contributed by atoms with van der Waals surface area (Å²) in [7, 11) is 0. The van der Waals surface area contributed by atoms with Crippen LogP contribution in [0.4, 0.5) is 11.5 Å². The topological polar surface area (TPSA) is 71.2 Å². The molecule has 0 aromatic carbocycles. The number of nitrogens with two attached hydrogens (primary N) is 1. The number of nitrogens with one attached hydrogen (secondary N) is 1. The summed E-state index contributed by atoms with van der Waals surface area (Å²) in [6, 6.07) is 0. The fourth-order valence-corrected chi connectivity index (χ4v) is 3.02. The molecular weight excluding hydrogens is 320 g/mol. The van der Waals surface area contributed by atoms with Gasteiger partial charge in [0.25, 0.3) is 0 Å². The van der Waals surface area contributed by atoms with Crippen molar-refractivity contribution in [3.8, 4) is 0 Å². The number of rotatable bonds is 3. The summed E-state index contributed by atoms with van der Waals surface area (Å²) < 4.78 is 0.984. The highest BCUT2D eigenvalue weighted by Crippen LogP contribution is 2.32. The van der Waals surface area contributed by atoms with Gasteiger partial charge in [0.15, 0.2) is 0 Å². The first kappa shape index (κ1) is 15.1. The van der Waals surface area contributed by atoms with Crippen LogP contribution in [0.3, 0.4) is 0 Å². The van der Waals surface area contributed by atoms with E-state index in [4.69, 9.17) is 5.73 Å². The number of hydrogen-bond donors (Lipinski definition) is 2. The van der Waals surface area contributed by atoms with Crippen molar-refractivity contribution in [1.82, 2.24) is 10.3 Å². The molecule has 1 amide bonds. The minimum atomic E-state index is 0.0472. The van der Waals surface area contributed by atoms with Crippen LogP contribution >= 0.6 is 15.9 Å². The molecule has 1 saturated heterocycles. The van der Waals surface area contributed by atoms with Crippen molar-refractivity contribution in [2.75, 3.05) is 30.3 Å².